The van der Waals surface area contributed by atoms with E-state index >= 15 is 0 Å². The van der Waals surface area contributed by atoms with Gasteiger partial charge in [0.2, 0.25) is 11.8 Å². The number of hydrogen-bond donors (Lipinski definition) is 1. The van der Waals surface area contributed by atoms with Crippen molar-refractivity contribution in [1.29, 1.82) is 0 Å². The lowest BCUT2D eigenvalue weighted by atomic mass is 9.80. The van der Waals surface area contributed by atoms with Crippen molar-refractivity contribution in [2.45, 2.75) is 58.7 Å². The number of carbonyl (C=O) groups is 2. The number of rotatable bonds is 7. The molecule has 1 aliphatic rings. The fourth-order valence-electron chi connectivity index (χ4n) is 3.96. The first kappa shape index (κ1) is 21.0. The highest BCUT2D eigenvalue weighted by Crippen LogP contribution is 2.31. The molecule has 0 saturated heterocycles. The molecule has 1 heterocycles. The fourth-order valence-corrected chi connectivity index (χ4v) is 3.96. The third-order valence-electron chi connectivity index (χ3n) is 5.72. The normalized spacial score (nSPS) is 19.0. The number of hydrogen-bond acceptors (Lipinski definition) is 3. The van der Waals surface area contributed by atoms with E-state index in [0.29, 0.717) is 13.1 Å². The Balaban J connectivity index is 1.50. The van der Waals surface area contributed by atoms with Gasteiger partial charge in [0.15, 0.2) is 0 Å². The molecule has 2 aromatic rings. The lowest BCUT2D eigenvalue weighted by Crippen LogP contribution is -2.42. The molecule has 2 amide bonds. The van der Waals surface area contributed by atoms with E-state index in [1.165, 1.54) is 0 Å². The average molecular weight is 394 g/mol. The van der Waals surface area contributed by atoms with E-state index in [9.17, 15) is 9.59 Å². The van der Waals surface area contributed by atoms with E-state index in [1.807, 2.05) is 41.3 Å². The summed E-state index contributed by atoms with van der Waals surface area (Å²) in [7, 11) is 0. The van der Waals surface area contributed by atoms with Crippen LogP contribution in [0.1, 0.15) is 50.8 Å². The van der Waals surface area contributed by atoms with Gasteiger partial charge >= 0.3 is 0 Å². The van der Waals surface area contributed by atoms with Crippen molar-refractivity contribution in [1.82, 2.24) is 15.2 Å². The van der Waals surface area contributed by atoms with Gasteiger partial charge in [-0.2, -0.15) is 0 Å². The maximum atomic E-state index is 13.1. The van der Waals surface area contributed by atoms with E-state index in [0.717, 1.165) is 36.9 Å². The Morgan fingerprint density at radius 1 is 1.00 bits per heavy atom. The van der Waals surface area contributed by atoms with Crippen molar-refractivity contribution < 1.29 is 9.59 Å². The largest absolute Gasteiger partial charge is 0.350 e. The zero-order valence-corrected chi connectivity index (χ0v) is 17.4. The molecule has 1 N–H and O–H groups in total. The van der Waals surface area contributed by atoms with Crippen molar-refractivity contribution in [3.8, 4) is 0 Å². The Morgan fingerprint density at radius 3 is 2.28 bits per heavy atom. The predicted molar refractivity (Wildman–Crippen MR) is 114 cm³/mol. The van der Waals surface area contributed by atoms with E-state index < -0.39 is 0 Å². The summed E-state index contributed by atoms with van der Waals surface area (Å²) in [5.41, 5.74) is 2.01. The van der Waals surface area contributed by atoms with Crippen LogP contribution in [0.3, 0.4) is 0 Å². The first-order valence-corrected chi connectivity index (χ1v) is 10.6. The van der Waals surface area contributed by atoms with Crippen LogP contribution in [-0.4, -0.2) is 27.7 Å². The van der Waals surface area contributed by atoms with Gasteiger partial charge in [0.1, 0.15) is 0 Å². The Hall–Kier alpha value is -2.69. The minimum absolute atomic E-state index is 0.00983. The molecule has 1 aliphatic carbocycles. The monoisotopic (exact) mass is 393 g/mol. The Kier molecular flexibility index (Phi) is 7.39. The molecule has 154 valence electrons. The number of aromatic nitrogens is 1. The fraction of sp³-hybridized carbons (Fsp3) is 0.458. The van der Waals surface area contributed by atoms with Crippen molar-refractivity contribution in [3.05, 3.63) is 66.0 Å². The number of benzene rings is 1. The molecule has 0 radical (unpaired) electrons. The third kappa shape index (κ3) is 5.89. The third-order valence-corrected chi connectivity index (χ3v) is 5.72. The number of nitrogens with zero attached hydrogens (tertiary/aromatic N) is 2. The van der Waals surface area contributed by atoms with Crippen molar-refractivity contribution in [2.24, 2.45) is 11.8 Å². The van der Waals surface area contributed by atoms with Crippen LogP contribution >= 0.6 is 0 Å². The predicted octanol–water partition coefficient (Wildman–Crippen LogP) is 3.94. The molecule has 0 atom stereocenters. The van der Waals surface area contributed by atoms with E-state index in [-0.39, 0.29) is 29.7 Å². The number of amides is 2. The van der Waals surface area contributed by atoms with E-state index in [1.54, 1.807) is 6.20 Å². The highest BCUT2D eigenvalue weighted by molar-refractivity contribution is 5.81. The summed E-state index contributed by atoms with van der Waals surface area (Å²) in [5, 5.41) is 2.99. The Morgan fingerprint density at radius 2 is 1.66 bits per heavy atom. The summed E-state index contributed by atoms with van der Waals surface area (Å²) < 4.78 is 0. The lowest BCUT2D eigenvalue weighted by Gasteiger charge is -2.34. The number of carbonyl (C=O) groups excluding carboxylic acids is 2. The standard InChI is InChI=1S/C24H31N3O2/c1-18(2)27(17-19-8-4-3-5-9-19)24(29)21-13-11-20(12-14-21)23(28)26-16-22-10-6-7-15-25-22/h3-10,15,18,20-21H,11-14,16-17H2,1-2H3,(H,26,28). The minimum atomic E-state index is -0.00983. The van der Waals surface area contributed by atoms with Crippen LogP contribution in [0.15, 0.2) is 54.7 Å². The number of pyridine rings is 1. The SMILES string of the molecule is CC(C)N(Cc1ccccc1)C(=O)C1CCC(C(=O)NCc2ccccn2)CC1. The lowest BCUT2D eigenvalue weighted by molar-refractivity contribution is -0.140. The van der Waals surface area contributed by atoms with Gasteiger partial charge in [0.25, 0.3) is 0 Å². The molecule has 5 heteroatoms. The average Bonchev–Trinajstić information content (AvgIpc) is 2.76. The summed E-state index contributed by atoms with van der Waals surface area (Å²) in [6.07, 6.45) is 4.81. The molecular weight excluding hydrogens is 362 g/mol. The Bertz CT molecular complexity index is 784. The van der Waals surface area contributed by atoms with Crippen molar-refractivity contribution in [2.75, 3.05) is 0 Å². The zero-order chi connectivity index (χ0) is 20.6. The zero-order valence-electron chi connectivity index (χ0n) is 17.4. The van der Waals surface area contributed by atoms with Gasteiger partial charge in [-0.3, -0.25) is 14.6 Å². The van der Waals surface area contributed by atoms with Gasteiger partial charge in [-0.1, -0.05) is 36.4 Å². The second-order valence-electron chi connectivity index (χ2n) is 8.13. The first-order chi connectivity index (χ1) is 14.0. The molecule has 0 bridgehead atoms. The molecule has 1 aromatic carbocycles. The molecule has 0 unspecified atom stereocenters. The van der Waals surface area contributed by atoms with Gasteiger partial charge in [-0.15, -0.1) is 0 Å². The van der Waals surface area contributed by atoms with Crippen molar-refractivity contribution >= 4 is 11.8 Å². The van der Waals surface area contributed by atoms with Crippen LogP contribution in [0.4, 0.5) is 0 Å². The molecular formula is C24H31N3O2. The quantitative estimate of drug-likeness (QED) is 0.775. The summed E-state index contributed by atoms with van der Waals surface area (Å²) >= 11 is 0. The summed E-state index contributed by atoms with van der Waals surface area (Å²) in [6, 6.07) is 16.0. The first-order valence-electron chi connectivity index (χ1n) is 10.6. The summed E-state index contributed by atoms with van der Waals surface area (Å²) in [4.78, 5) is 31.9. The highest BCUT2D eigenvalue weighted by Gasteiger charge is 2.32. The van der Waals surface area contributed by atoms with Crippen LogP contribution in [0.2, 0.25) is 0 Å². The molecule has 0 aliphatic heterocycles. The second kappa shape index (κ2) is 10.2. The van der Waals surface area contributed by atoms with Crippen LogP contribution in [0.5, 0.6) is 0 Å². The minimum Gasteiger partial charge on any atom is -0.350 e. The molecule has 1 saturated carbocycles. The van der Waals surface area contributed by atoms with Crippen LogP contribution < -0.4 is 5.32 Å². The van der Waals surface area contributed by atoms with Gasteiger partial charge in [0, 0.05) is 30.6 Å². The second-order valence-corrected chi connectivity index (χ2v) is 8.13. The molecule has 29 heavy (non-hydrogen) atoms. The smallest absolute Gasteiger partial charge is 0.226 e. The van der Waals surface area contributed by atoms with Gasteiger partial charge in [-0.25, -0.2) is 0 Å². The maximum absolute atomic E-state index is 13.1. The van der Waals surface area contributed by atoms with Gasteiger partial charge in [-0.05, 0) is 57.2 Å². The topological polar surface area (TPSA) is 62.3 Å². The van der Waals surface area contributed by atoms with E-state index in [2.05, 4.69) is 36.3 Å². The molecule has 0 spiro atoms. The summed E-state index contributed by atoms with van der Waals surface area (Å²) in [5.74, 6) is 0.299. The van der Waals surface area contributed by atoms with Gasteiger partial charge in [0.05, 0.1) is 12.2 Å². The summed E-state index contributed by atoms with van der Waals surface area (Å²) in [6.45, 7) is 5.23. The highest BCUT2D eigenvalue weighted by atomic mass is 16.2. The van der Waals surface area contributed by atoms with E-state index in [4.69, 9.17) is 0 Å². The number of nitrogens with one attached hydrogen (secondary N) is 1. The van der Waals surface area contributed by atoms with Gasteiger partial charge < -0.3 is 10.2 Å². The maximum Gasteiger partial charge on any atom is 0.226 e. The molecule has 3 rings (SSSR count). The molecule has 5 nitrogen and oxygen atoms in total. The molecule has 1 aromatic heterocycles. The van der Waals surface area contributed by atoms with Crippen LogP contribution in [0.25, 0.3) is 0 Å². The van der Waals surface area contributed by atoms with Crippen molar-refractivity contribution in [3.63, 3.8) is 0 Å². The van der Waals surface area contributed by atoms with Crippen LogP contribution in [-0.2, 0) is 22.7 Å². The molecule has 1 fully saturated rings. The Labute approximate surface area is 173 Å². The van der Waals surface area contributed by atoms with Crippen LogP contribution in [0, 0.1) is 11.8 Å².